The molecule has 0 spiro atoms. The lowest BCUT2D eigenvalue weighted by molar-refractivity contribution is 0.0957. The molecular formula is C10H17N5O. The molecule has 0 saturated heterocycles. The molecule has 0 radical (unpaired) electrons. The van der Waals surface area contributed by atoms with E-state index in [4.69, 9.17) is 5.73 Å². The zero-order valence-corrected chi connectivity index (χ0v) is 9.53. The Morgan fingerprint density at radius 3 is 2.69 bits per heavy atom. The van der Waals surface area contributed by atoms with Gasteiger partial charge in [0.1, 0.15) is 5.82 Å². The average Bonchev–Trinajstić information content (AvgIpc) is 2.35. The lowest BCUT2D eigenvalue weighted by Crippen LogP contribution is -2.28. The number of hydrogen-bond acceptors (Lipinski definition) is 5. The first-order chi connectivity index (χ1) is 7.71. The van der Waals surface area contributed by atoms with Gasteiger partial charge in [0.2, 0.25) is 0 Å². The van der Waals surface area contributed by atoms with Gasteiger partial charge in [-0.05, 0) is 18.6 Å². The van der Waals surface area contributed by atoms with Crippen LogP contribution in [0.25, 0.3) is 0 Å². The number of nitrogens with zero attached hydrogens (tertiary/aromatic N) is 2. The van der Waals surface area contributed by atoms with Gasteiger partial charge in [-0.25, -0.2) is 0 Å². The number of anilines is 1. The number of amides is 1. The van der Waals surface area contributed by atoms with Crippen molar-refractivity contribution in [1.82, 2.24) is 15.5 Å². The number of carbonyl (C=O) groups is 1. The van der Waals surface area contributed by atoms with Crippen LogP contribution in [0.4, 0.5) is 5.82 Å². The van der Waals surface area contributed by atoms with Crippen molar-refractivity contribution >= 4 is 11.7 Å². The van der Waals surface area contributed by atoms with Crippen LogP contribution in [0.2, 0.25) is 0 Å². The molecule has 1 atom stereocenters. The molecule has 1 unspecified atom stereocenters. The van der Waals surface area contributed by atoms with Crippen LogP contribution in [0.5, 0.6) is 0 Å². The Morgan fingerprint density at radius 2 is 2.25 bits per heavy atom. The summed E-state index contributed by atoms with van der Waals surface area (Å²) in [5.41, 5.74) is 5.86. The van der Waals surface area contributed by atoms with Gasteiger partial charge >= 0.3 is 0 Å². The lowest BCUT2D eigenvalue weighted by atomic mass is 10.2. The zero-order valence-electron chi connectivity index (χ0n) is 9.53. The van der Waals surface area contributed by atoms with E-state index in [-0.39, 0.29) is 11.9 Å². The molecule has 16 heavy (non-hydrogen) atoms. The van der Waals surface area contributed by atoms with E-state index >= 15 is 0 Å². The first kappa shape index (κ1) is 12.4. The second kappa shape index (κ2) is 6.02. The molecule has 0 saturated carbocycles. The zero-order chi connectivity index (χ0) is 12.0. The minimum Gasteiger partial charge on any atom is -0.365 e. The van der Waals surface area contributed by atoms with Gasteiger partial charge in [0.05, 0.1) is 0 Å². The topological polar surface area (TPSA) is 92.9 Å². The summed E-state index contributed by atoms with van der Waals surface area (Å²) in [6.07, 6.45) is 0.912. The van der Waals surface area contributed by atoms with E-state index in [1.54, 1.807) is 19.2 Å². The summed E-state index contributed by atoms with van der Waals surface area (Å²) < 4.78 is 0. The molecule has 1 amide bonds. The molecule has 0 aromatic carbocycles. The summed E-state index contributed by atoms with van der Waals surface area (Å²) in [7, 11) is 1.55. The summed E-state index contributed by atoms with van der Waals surface area (Å²) in [6, 6.07) is 3.52. The summed E-state index contributed by atoms with van der Waals surface area (Å²) in [5.74, 6) is 0.384. The number of hydrogen-bond donors (Lipinski definition) is 3. The number of aromatic nitrogens is 2. The van der Waals surface area contributed by atoms with Crippen LogP contribution < -0.4 is 16.4 Å². The summed E-state index contributed by atoms with van der Waals surface area (Å²) in [5, 5.41) is 13.3. The molecule has 0 bridgehead atoms. The molecule has 1 aromatic rings. The highest BCUT2D eigenvalue weighted by atomic mass is 16.1. The first-order valence-electron chi connectivity index (χ1n) is 5.23. The summed E-state index contributed by atoms with van der Waals surface area (Å²) in [6.45, 7) is 2.58. The SMILES string of the molecule is CCC(CN)Nc1ccc(C(=O)NC)nn1. The number of carbonyl (C=O) groups excluding carboxylic acids is 1. The van der Waals surface area contributed by atoms with Gasteiger partial charge in [-0.2, -0.15) is 0 Å². The van der Waals surface area contributed by atoms with Gasteiger partial charge in [-0.3, -0.25) is 4.79 Å². The molecular weight excluding hydrogens is 206 g/mol. The van der Waals surface area contributed by atoms with Crippen molar-refractivity contribution in [2.75, 3.05) is 18.9 Å². The van der Waals surface area contributed by atoms with E-state index in [1.807, 2.05) is 6.92 Å². The van der Waals surface area contributed by atoms with E-state index in [2.05, 4.69) is 20.8 Å². The maximum absolute atomic E-state index is 11.2. The van der Waals surface area contributed by atoms with Gasteiger partial charge < -0.3 is 16.4 Å². The van der Waals surface area contributed by atoms with Crippen LogP contribution in [0, 0.1) is 0 Å². The van der Waals surface area contributed by atoms with Crippen LogP contribution in [-0.4, -0.2) is 35.7 Å². The Hall–Kier alpha value is -1.69. The van der Waals surface area contributed by atoms with Gasteiger partial charge in [-0.15, -0.1) is 10.2 Å². The normalized spacial score (nSPS) is 11.9. The van der Waals surface area contributed by atoms with Crippen molar-refractivity contribution in [3.63, 3.8) is 0 Å². The van der Waals surface area contributed by atoms with Gasteiger partial charge in [0.15, 0.2) is 5.69 Å². The number of nitrogens with two attached hydrogens (primary N) is 1. The predicted octanol–water partition coefficient (Wildman–Crippen LogP) is -0.0146. The minimum atomic E-state index is -0.245. The fourth-order valence-corrected chi connectivity index (χ4v) is 1.20. The smallest absolute Gasteiger partial charge is 0.271 e. The molecule has 4 N–H and O–H groups in total. The van der Waals surface area contributed by atoms with E-state index < -0.39 is 0 Å². The van der Waals surface area contributed by atoms with Crippen molar-refractivity contribution in [2.45, 2.75) is 19.4 Å². The third-order valence-electron chi connectivity index (χ3n) is 2.25. The maximum atomic E-state index is 11.2. The molecule has 0 aliphatic rings. The second-order valence-electron chi connectivity index (χ2n) is 3.37. The first-order valence-corrected chi connectivity index (χ1v) is 5.23. The van der Waals surface area contributed by atoms with Crippen molar-refractivity contribution < 1.29 is 4.79 Å². The molecule has 1 heterocycles. The van der Waals surface area contributed by atoms with Crippen LogP contribution in [0.15, 0.2) is 12.1 Å². The molecule has 1 aromatic heterocycles. The van der Waals surface area contributed by atoms with Gasteiger partial charge in [0.25, 0.3) is 5.91 Å². The highest BCUT2D eigenvalue weighted by Gasteiger charge is 2.07. The van der Waals surface area contributed by atoms with Gasteiger partial charge in [0, 0.05) is 19.6 Å². The monoisotopic (exact) mass is 223 g/mol. The Kier molecular flexibility index (Phi) is 4.65. The highest BCUT2D eigenvalue weighted by Crippen LogP contribution is 2.05. The van der Waals surface area contributed by atoms with Crippen molar-refractivity contribution in [3.8, 4) is 0 Å². The largest absolute Gasteiger partial charge is 0.365 e. The van der Waals surface area contributed by atoms with Crippen LogP contribution in [-0.2, 0) is 0 Å². The summed E-state index contributed by atoms with van der Waals surface area (Å²) >= 11 is 0. The van der Waals surface area contributed by atoms with E-state index in [0.29, 0.717) is 18.1 Å². The van der Waals surface area contributed by atoms with Crippen LogP contribution in [0.1, 0.15) is 23.8 Å². The molecule has 1 rings (SSSR count). The number of nitrogens with one attached hydrogen (secondary N) is 2. The molecule has 0 aliphatic heterocycles. The van der Waals surface area contributed by atoms with E-state index in [1.165, 1.54) is 0 Å². The summed E-state index contributed by atoms with van der Waals surface area (Å²) in [4.78, 5) is 11.2. The standard InChI is InChI=1S/C10H17N5O/c1-3-7(6-11)13-9-5-4-8(14-15-9)10(16)12-2/h4-5,7H,3,6,11H2,1-2H3,(H,12,16)(H,13,15). The highest BCUT2D eigenvalue weighted by molar-refractivity contribution is 5.91. The predicted molar refractivity (Wildman–Crippen MR) is 62.2 cm³/mol. The van der Waals surface area contributed by atoms with Crippen molar-refractivity contribution in [2.24, 2.45) is 5.73 Å². The third kappa shape index (κ3) is 3.16. The second-order valence-corrected chi connectivity index (χ2v) is 3.37. The Balaban J connectivity index is 2.67. The average molecular weight is 223 g/mol. The Labute approximate surface area is 94.6 Å². The Morgan fingerprint density at radius 1 is 1.50 bits per heavy atom. The van der Waals surface area contributed by atoms with E-state index in [0.717, 1.165) is 6.42 Å². The van der Waals surface area contributed by atoms with Crippen LogP contribution in [0.3, 0.4) is 0 Å². The van der Waals surface area contributed by atoms with E-state index in [9.17, 15) is 4.79 Å². The Bertz CT molecular complexity index is 334. The third-order valence-corrected chi connectivity index (χ3v) is 2.25. The molecule has 0 aliphatic carbocycles. The lowest BCUT2D eigenvalue weighted by Gasteiger charge is -2.14. The fraction of sp³-hybridized carbons (Fsp3) is 0.500. The van der Waals surface area contributed by atoms with Crippen LogP contribution >= 0.6 is 0 Å². The quantitative estimate of drug-likeness (QED) is 0.652. The fourth-order valence-electron chi connectivity index (χ4n) is 1.20. The maximum Gasteiger partial charge on any atom is 0.271 e. The van der Waals surface area contributed by atoms with Crippen molar-refractivity contribution in [3.05, 3.63) is 17.8 Å². The number of rotatable bonds is 5. The molecule has 88 valence electrons. The van der Waals surface area contributed by atoms with Crippen molar-refractivity contribution in [1.29, 1.82) is 0 Å². The van der Waals surface area contributed by atoms with Gasteiger partial charge in [-0.1, -0.05) is 6.92 Å². The minimum absolute atomic E-state index is 0.181. The molecule has 6 nitrogen and oxygen atoms in total. The molecule has 0 fully saturated rings. The molecule has 6 heteroatoms.